The number of nitrogens with one attached hydrogen (secondary N) is 1. The maximum Gasteiger partial charge on any atom is 0.223 e. The molecule has 106 valence electrons. The van der Waals surface area contributed by atoms with Gasteiger partial charge in [-0.3, -0.25) is 4.90 Å². The van der Waals surface area contributed by atoms with Gasteiger partial charge in [-0.2, -0.15) is 9.97 Å². The van der Waals surface area contributed by atoms with E-state index in [0.717, 1.165) is 37.8 Å². The Morgan fingerprint density at radius 3 is 2.58 bits per heavy atom. The Morgan fingerprint density at radius 1 is 1.32 bits per heavy atom. The highest BCUT2D eigenvalue weighted by Crippen LogP contribution is 2.19. The van der Waals surface area contributed by atoms with Crippen LogP contribution in [-0.2, 0) is 0 Å². The molecule has 2 rings (SSSR count). The number of aromatic nitrogens is 2. The number of hydrogen-bond acceptors (Lipinski definition) is 6. The molecule has 0 aromatic carbocycles. The average molecular weight is 264 g/mol. The summed E-state index contributed by atoms with van der Waals surface area (Å²) in [5.74, 6) is 2.01. The van der Waals surface area contributed by atoms with Crippen LogP contribution in [0.25, 0.3) is 0 Å². The van der Waals surface area contributed by atoms with Crippen molar-refractivity contribution in [1.29, 1.82) is 0 Å². The van der Waals surface area contributed by atoms with Gasteiger partial charge in [0.2, 0.25) is 5.95 Å². The van der Waals surface area contributed by atoms with E-state index in [2.05, 4.69) is 38.9 Å². The number of hydrogen-bond donors (Lipinski definition) is 2. The fourth-order valence-electron chi connectivity index (χ4n) is 2.39. The van der Waals surface area contributed by atoms with Crippen LogP contribution >= 0.6 is 0 Å². The van der Waals surface area contributed by atoms with Gasteiger partial charge in [-0.05, 0) is 13.3 Å². The summed E-state index contributed by atoms with van der Waals surface area (Å²) in [7, 11) is 1.84. The minimum atomic E-state index is 0.325. The largest absolute Gasteiger partial charge is 0.373 e. The second-order valence-corrected chi connectivity index (χ2v) is 5.00. The molecule has 2 heterocycles. The van der Waals surface area contributed by atoms with Crippen LogP contribution in [0.1, 0.15) is 20.3 Å². The molecular formula is C13H24N6. The quantitative estimate of drug-likeness (QED) is 0.846. The fourth-order valence-corrected chi connectivity index (χ4v) is 2.39. The molecule has 6 heteroatoms. The lowest BCUT2D eigenvalue weighted by Gasteiger charge is -2.38. The van der Waals surface area contributed by atoms with Gasteiger partial charge in [0.1, 0.15) is 11.6 Å². The predicted octanol–water partition coefficient (Wildman–Crippen LogP) is 1.02. The van der Waals surface area contributed by atoms with Gasteiger partial charge in [0.25, 0.3) is 0 Å². The summed E-state index contributed by atoms with van der Waals surface area (Å²) >= 11 is 0. The Hall–Kier alpha value is -1.56. The summed E-state index contributed by atoms with van der Waals surface area (Å²) < 4.78 is 0. The van der Waals surface area contributed by atoms with Gasteiger partial charge in [-0.1, -0.05) is 6.92 Å². The van der Waals surface area contributed by atoms with Crippen LogP contribution in [0.4, 0.5) is 17.6 Å². The van der Waals surface area contributed by atoms with Crippen LogP contribution in [0.2, 0.25) is 0 Å². The molecule has 0 radical (unpaired) electrons. The van der Waals surface area contributed by atoms with Crippen LogP contribution in [0.3, 0.4) is 0 Å². The van der Waals surface area contributed by atoms with E-state index in [9.17, 15) is 0 Å². The van der Waals surface area contributed by atoms with Crippen molar-refractivity contribution < 1.29 is 0 Å². The molecule has 1 saturated heterocycles. The van der Waals surface area contributed by atoms with E-state index in [1.807, 2.05) is 13.1 Å². The first-order valence-electron chi connectivity index (χ1n) is 6.95. The van der Waals surface area contributed by atoms with Gasteiger partial charge >= 0.3 is 0 Å². The van der Waals surface area contributed by atoms with Crippen molar-refractivity contribution in [2.24, 2.45) is 0 Å². The lowest BCUT2D eigenvalue weighted by atomic mass is 10.2. The molecule has 0 bridgehead atoms. The van der Waals surface area contributed by atoms with Crippen molar-refractivity contribution in [1.82, 2.24) is 14.9 Å². The van der Waals surface area contributed by atoms with Crippen molar-refractivity contribution in [3.8, 4) is 0 Å². The summed E-state index contributed by atoms with van der Waals surface area (Å²) in [6.07, 6.45) is 1.20. The van der Waals surface area contributed by atoms with E-state index in [0.29, 0.717) is 12.0 Å². The molecule has 1 unspecified atom stereocenters. The SMILES string of the molecule is CCC(C)N1CCN(c2cc(NC)nc(N)n2)CC1. The first-order valence-corrected chi connectivity index (χ1v) is 6.95. The fraction of sp³-hybridized carbons (Fsp3) is 0.692. The summed E-state index contributed by atoms with van der Waals surface area (Å²) in [6, 6.07) is 2.61. The molecular weight excluding hydrogens is 240 g/mol. The van der Waals surface area contributed by atoms with Crippen LogP contribution in [0, 0.1) is 0 Å². The molecule has 0 aliphatic carbocycles. The Morgan fingerprint density at radius 2 is 2.00 bits per heavy atom. The molecule has 1 atom stereocenters. The minimum Gasteiger partial charge on any atom is -0.373 e. The van der Waals surface area contributed by atoms with Gasteiger partial charge in [0.15, 0.2) is 0 Å². The van der Waals surface area contributed by atoms with Crippen LogP contribution < -0.4 is 16.0 Å². The number of piperazine rings is 1. The lowest BCUT2D eigenvalue weighted by Crippen LogP contribution is -2.49. The van der Waals surface area contributed by atoms with Gasteiger partial charge in [-0.15, -0.1) is 0 Å². The molecule has 1 aliphatic rings. The van der Waals surface area contributed by atoms with Gasteiger partial charge in [0.05, 0.1) is 0 Å². The van der Waals surface area contributed by atoms with Crippen LogP contribution in [0.5, 0.6) is 0 Å². The maximum absolute atomic E-state index is 5.74. The van der Waals surface area contributed by atoms with E-state index >= 15 is 0 Å². The molecule has 1 aliphatic heterocycles. The maximum atomic E-state index is 5.74. The summed E-state index contributed by atoms with van der Waals surface area (Å²) in [5, 5.41) is 3.02. The van der Waals surface area contributed by atoms with Crippen molar-refractivity contribution >= 4 is 17.6 Å². The van der Waals surface area contributed by atoms with Crippen molar-refractivity contribution in [2.45, 2.75) is 26.3 Å². The lowest BCUT2D eigenvalue weighted by molar-refractivity contribution is 0.192. The molecule has 0 amide bonds. The number of nitrogen functional groups attached to an aromatic ring is 1. The molecule has 1 aromatic heterocycles. The van der Waals surface area contributed by atoms with E-state index < -0.39 is 0 Å². The molecule has 6 nitrogen and oxygen atoms in total. The summed E-state index contributed by atoms with van der Waals surface area (Å²) in [6.45, 7) is 8.66. The highest BCUT2D eigenvalue weighted by atomic mass is 15.3. The number of nitrogens with two attached hydrogens (primary N) is 1. The standard InChI is InChI=1S/C13H24N6/c1-4-10(2)18-5-7-19(8-6-18)12-9-11(15-3)16-13(14)17-12/h9-10H,4-8H2,1-3H3,(H3,14,15,16,17). The Balaban J connectivity index is 2.03. The van der Waals surface area contributed by atoms with Crippen LogP contribution in [0.15, 0.2) is 6.07 Å². The van der Waals surface area contributed by atoms with Crippen LogP contribution in [-0.4, -0.2) is 54.1 Å². The second kappa shape index (κ2) is 6.06. The number of anilines is 3. The number of nitrogens with zero attached hydrogens (tertiary/aromatic N) is 4. The van der Waals surface area contributed by atoms with E-state index in [-0.39, 0.29) is 0 Å². The highest BCUT2D eigenvalue weighted by Gasteiger charge is 2.21. The van der Waals surface area contributed by atoms with Gasteiger partial charge in [0, 0.05) is 45.3 Å². The molecule has 19 heavy (non-hydrogen) atoms. The third kappa shape index (κ3) is 3.26. The van der Waals surface area contributed by atoms with Crippen molar-refractivity contribution in [2.75, 3.05) is 49.2 Å². The normalized spacial score (nSPS) is 18.4. The first kappa shape index (κ1) is 13.9. The number of rotatable bonds is 4. The highest BCUT2D eigenvalue weighted by molar-refractivity contribution is 5.52. The van der Waals surface area contributed by atoms with E-state index in [4.69, 9.17) is 5.73 Å². The van der Waals surface area contributed by atoms with Crippen molar-refractivity contribution in [3.63, 3.8) is 0 Å². The van der Waals surface area contributed by atoms with Gasteiger partial charge in [-0.25, -0.2) is 0 Å². The zero-order chi connectivity index (χ0) is 13.8. The average Bonchev–Trinajstić information content (AvgIpc) is 2.46. The molecule has 1 aromatic rings. The zero-order valence-electron chi connectivity index (χ0n) is 12.1. The zero-order valence-corrected chi connectivity index (χ0v) is 12.1. The molecule has 0 saturated carbocycles. The third-order valence-electron chi connectivity index (χ3n) is 3.84. The van der Waals surface area contributed by atoms with Gasteiger partial charge < -0.3 is 16.0 Å². The Kier molecular flexibility index (Phi) is 4.42. The van der Waals surface area contributed by atoms with E-state index in [1.54, 1.807) is 0 Å². The smallest absolute Gasteiger partial charge is 0.223 e. The summed E-state index contributed by atoms with van der Waals surface area (Å²) in [4.78, 5) is 13.3. The third-order valence-corrected chi connectivity index (χ3v) is 3.84. The molecule has 3 N–H and O–H groups in total. The first-order chi connectivity index (χ1) is 9.13. The Bertz CT molecular complexity index is 414. The summed E-state index contributed by atoms with van der Waals surface area (Å²) in [5.41, 5.74) is 5.74. The topological polar surface area (TPSA) is 70.3 Å². The van der Waals surface area contributed by atoms with Crippen molar-refractivity contribution in [3.05, 3.63) is 6.07 Å². The molecule has 0 spiro atoms. The second-order valence-electron chi connectivity index (χ2n) is 5.00. The predicted molar refractivity (Wildman–Crippen MR) is 79.5 cm³/mol. The monoisotopic (exact) mass is 264 g/mol. The Labute approximate surface area is 115 Å². The minimum absolute atomic E-state index is 0.325. The molecule has 1 fully saturated rings. The van der Waals surface area contributed by atoms with E-state index in [1.165, 1.54) is 6.42 Å².